The first-order chi connectivity index (χ1) is 19.3. The van der Waals surface area contributed by atoms with Gasteiger partial charge in [0.2, 0.25) is 0 Å². The van der Waals surface area contributed by atoms with Crippen LogP contribution < -0.4 is 5.32 Å². The number of anilines is 1. The molecule has 0 unspecified atom stereocenters. The Morgan fingerprint density at radius 3 is 2.02 bits per heavy atom. The topological polar surface area (TPSA) is 96.7 Å². The maximum Gasteiger partial charge on any atom is 0.410 e. The lowest BCUT2D eigenvalue weighted by molar-refractivity contribution is -0.177. The molecule has 0 bridgehead atoms. The molecule has 218 valence electrons. The van der Waals surface area contributed by atoms with Crippen molar-refractivity contribution in [2.24, 2.45) is 0 Å². The number of carbonyl (C=O) groups is 2. The summed E-state index contributed by atoms with van der Waals surface area (Å²) in [4.78, 5) is 26.9. The molecule has 41 heavy (non-hydrogen) atoms. The molecule has 2 aliphatic rings. The second-order valence-electron chi connectivity index (χ2n) is 11.5. The van der Waals surface area contributed by atoms with Crippen molar-refractivity contribution in [3.05, 3.63) is 83.0 Å². The zero-order valence-corrected chi connectivity index (χ0v) is 23.1. The van der Waals surface area contributed by atoms with E-state index in [0.29, 0.717) is 12.8 Å². The number of nitrogens with zero attached hydrogens (tertiary/aromatic N) is 3. The Bertz CT molecular complexity index is 1360. The lowest BCUT2D eigenvalue weighted by Gasteiger charge is -2.35. The highest BCUT2D eigenvalue weighted by Crippen LogP contribution is 2.49. The van der Waals surface area contributed by atoms with E-state index in [2.05, 4.69) is 5.32 Å². The fourth-order valence-corrected chi connectivity index (χ4v) is 5.63. The molecule has 0 radical (unpaired) electrons. The monoisotopic (exact) mass is 570 g/mol. The number of piperidine rings is 1. The van der Waals surface area contributed by atoms with E-state index in [1.165, 1.54) is 4.68 Å². The molecule has 0 spiro atoms. The maximum atomic E-state index is 14.5. The molecular formula is C30H33F3N4O4. The van der Waals surface area contributed by atoms with Crippen LogP contribution in [0, 0.1) is 0 Å². The minimum Gasteiger partial charge on any atom is -0.444 e. The molecule has 1 aromatic heterocycles. The van der Waals surface area contributed by atoms with E-state index in [-0.39, 0.29) is 30.2 Å². The van der Waals surface area contributed by atoms with Crippen molar-refractivity contribution < 1.29 is 32.6 Å². The molecule has 11 heteroatoms. The van der Waals surface area contributed by atoms with Crippen molar-refractivity contribution >= 4 is 17.8 Å². The summed E-state index contributed by atoms with van der Waals surface area (Å²) in [6.07, 6.45) is -7.00. The van der Waals surface area contributed by atoms with Crippen LogP contribution in [-0.2, 0) is 9.53 Å². The van der Waals surface area contributed by atoms with E-state index in [4.69, 9.17) is 9.84 Å². The number of aliphatic hydroxyl groups is 1. The Labute approximate surface area is 236 Å². The van der Waals surface area contributed by atoms with Crippen LogP contribution in [0.2, 0.25) is 0 Å². The Hall–Kier alpha value is -3.86. The maximum absolute atomic E-state index is 14.5. The van der Waals surface area contributed by atoms with Crippen LogP contribution in [0.25, 0.3) is 0 Å². The third-order valence-corrected chi connectivity index (χ3v) is 7.47. The van der Waals surface area contributed by atoms with Gasteiger partial charge in [0.25, 0.3) is 5.91 Å². The predicted octanol–water partition coefficient (Wildman–Crippen LogP) is 5.59. The predicted molar refractivity (Wildman–Crippen MR) is 146 cm³/mol. The van der Waals surface area contributed by atoms with Crippen LogP contribution in [0.5, 0.6) is 0 Å². The molecular weight excluding hydrogens is 537 g/mol. The molecule has 5 rings (SSSR count). The summed E-state index contributed by atoms with van der Waals surface area (Å²) in [5, 5.41) is 17.8. The number of fused-ring (bicyclic) bond motifs is 1. The number of likely N-dealkylation sites (tertiary alicyclic amines) is 1. The molecule has 1 saturated heterocycles. The number of hydrogen-bond donors (Lipinski definition) is 2. The van der Waals surface area contributed by atoms with Gasteiger partial charge in [-0.25, -0.2) is 9.48 Å². The molecule has 8 nitrogen and oxygen atoms in total. The van der Waals surface area contributed by atoms with Gasteiger partial charge in [-0.2, -0.15) is 18.3 Å². The minimum atomic E-state index is -4.90. The van der Waals surface area contributed by atoms with Crippen molar-refractivity contribution in [2.45, 2.75) is 69.4 Å². The van der Waals surface area contributed by atoms with E-state index in [1.807, 2.05) is 60.7 Å². The quantitative estimate of drug-likeness (QED) is 0.426. The van der Waals surface area contributed by atoms with Gasteiger partial charge in [0.1, 0.15) is 29.5 Å². The third-order valence-electron chi connectivity index (χ3n) is 7.47. The molecule has 0 saturated carbocycles. The van der Waals surface area contributed by atoms with Crippen LogP contribution >= 0.6 is 0 Å². The van der Waals surface area contributed by atoms with Gasteiger partial charge in [-0.05, 0) is 44.7 Å². The number of aliphatic hydroxyl groups excluding tert-OH is 1. The van der Waals surface area contributed by atoms with Crippen LogP contribution in [0.3, 0.4) is 0 Å². The van der Waals surface area contributed by atoms with Crippen molar-refractivity contribution in [1.29, 1.82) is 0 Å². The van der Waals surface area contributed by atoms with Gasteiger partial charge >= 0.3 is 12.3 Å². The Morgan fingerprint density at radius 2 is 1.54 bits per heavy atom. The third kappa shape index (κ3) is 5.81. The smallest absolute Gasteiger partial charge is 0.410 e. The molecule has 0 aliphatic carbocycles. The van der Waals surface area contributed by atoms with Gasteiger partial charge in [0, 0.05) is 24.6 Å². The lowest BCUT2D eigenvalue weighted by Crippen LogP contribution is -2.45. The first-order valence-corrected chi connectivity index (χ1v) is 13.6. The zero-order valence-electron chi connectivity index (χ0n) is 23.1. The van der Waals surface area contributed by atoms with Crippen molar-refractivity contribution in [2.75, 3.05) is 18.4 Å². The van der Waals surface area contributed by atoms with E-state index in [1.54, 1.807) is 25.7 Å². The molecule has 3 aromatic rings. The van der Waals surface area contributed by atoms with Gasteiger partial charge in [0.05, 0.1) is 5.69 Å². The zero-order chi connectivity index (χ0) is 29.5. The molecule has 2 atom stereocenters. The number of aromatic nitrogens is 2. The van der Waals surface area contributed by atoms with Gasteiger partial charge < -0.3 is 20.1 Å². The van der Waals surface area contributed by atoms with Crippen LogP contribution in [0.1, 0.15) is 73.9 Å². The largest absolute Gasteiger partial charge is 0.444 e. The number of amides is 2. The van der Waals surface area contributed by atoms with E-state index in [9.17, 15) is 27.9 Å². The number of benzene rings is 2. The normalized spacial score (nSPS) is 20.1. The van der Waals surface area contributed by atoms with Crippen LogP contribution in [0.15, 0.2) is 60.7 Å². The highest BCUT2D eigenvalue weighted by molar-refractivity contribution is 5.97. The number of nitrogens with one attached hydrogen (secondary N) is 1. The second kappa shape index (κ2) is 10.8. The molecule has 2 amide bonds. The number of ether oxygens (including phenoxy) is 1. The molecule has 3 heterocycles. The minimum absolute atomic E-state index is 0.0788. The summed E-state index contributed by atoms with van der Waals surface area (Å²) < 4.78 is 50.5. The second-order valence-corrected chi connectivity index (χ2v) is 11.5. The molecule has 2 N–H and O–H groups in total. The molecule has 1 fully saturated rings. The molecule has 2 aromatic carbocycles. The van der Waals surface area contributed by atoms with E-state index in [0.717, 1.165) is 11.1 Å². The average Bonchev–Trinajstić information content (AvgIpc) is 3.27. The SMILES string of the molecule is CC(C)(C)OC(=O)N1CCC(c2nn(C(c3ccccc3)c3ccccc3)c3c2[C@H](C(F)(F)F)[C@H](O)C(=O)N3)CC1. The summed E-state index contributed by atoms with van der Waals surface area (Å²) in [5.74, 6) is -4.09. The van der Waals surface area contributed by atoms with Crippen molar-refractivity contribution in [1.82, 2.24) is 14.7 Å². The number of rotatable bonds is 4. The van der Waals surface area contributed by atoms with E-state index >= 15 is 0 Å². The summed E-state index contributed by atoms with van der Waals surface area (Å²) >= 11 is 0. The van der Waals surface area contributed by atoms with Gasteiger partial charge in [-0.1, -0.05) is 60.7 Å². The number of halogens is 3. The number of carbonyl (C=O) groups excluding carboxylic acids is 2. The first-order valence-electron chi connectivity index (χ1n) is 13.6. The lowest BCUT2D eigenvalue weighted by atomic mass is 9.82. The first kappa shape index (κ1) is 28.7. The van der Waals surface area contributed by atoms with Crippen LogP contribution in [-0.4, -0.2) is 62.8 Å². The fraction of sp³-hybridized carbons (Fsp3) is 0.433. The van der Waals surface area contributed by atoms with Crippen molar-refractivity contribution in [3.63, 3.8) is 0 Å². The summed E-state index contributed by atoms with van der Waals surface area (Å²) in [5.41, 5.74) is 0.793. The number of alkyl halides is 3. The Morgan fingerprint density at radius 1 is 1.00 bits per heavy atom. The van der Waals surface area contributed by atoms with Gasteiger partial charge in [-0.15, -0.1) is 0 Å². The fourth-order valence-electron chi connectivity index (χ4n) is 5.63. The number of hydrogen-bond acceptors (Lipinski definition) is 5. The van der Waals surface area contributed by atoms with Gasteiger partial charge in [-0.3, -0.25) is 4.79 Å². The summed E-state index contributed by atoms with van der Waals surface area (Å²) in [6.45, 7) is 5.84. The van der Waals surface area contributed by atoms with E-state index < -0.39 is 47.8 Å². The Kier molecular flexibility index (Phi) is 7.58. The highest BCUT2D eigenvalue weighted by atomic mass is 19.4. The Balaban J connectivity index is 1.62. The average molecular weight is 571 g/mol. The summed E-state index contributed by atoms with van der Waals surface area (Å²) in [7, 11) is 0. The van der Waals surface area contributed by atoms with Crippen LogP contribution in [0.4, 0.5) is 23.8 Å². The summed E-state index contributed by atoms with van der Waals surface area (Å²) in [6, 6.07) is 17.8. The molecule has 2 aliphatic heterocycles. The van der Waals surface area contributed by atoms with Crippen molar-refractivity contribution in [3.8, 4) is 0 Å². The van der Waals surface area contributed by atoms with Gasteiger partial charge in [0.15, 0.2) is 0 Å². The highest BCUT2D eigenvalue weighted by Gasteiger charge is 2.55. The standard InChI is InChI=1S/C30H33F3N4O4/c1-29(2,3)41-28(40)36-16-14-18(15-17-36)23-21-22(30(31,32)33)25(38)27(39)34-26(21)37(35-23)24(19-10-6-4-7-11-19)20-12-8-5-9-13-20/h4-13,18,22,24-25,38H,14-17H2,1-3H3,(H,34,39)/t22-,25-/m0/s1.